The lowest BCUT2D eigenvalue weighted by Crippen LogP contribution is -2.59. The molecule has 0 aromatic carbocycles. The lowest BCUT2D eigenvalue weighted by atomic mass is 9.70. The molecule has 3 nitrogen and oxygen atoms in total. The van der Waals surface area contributed by atoms with E-state index in [4.69, 9.17) is 9.47 Å². The van der Waals surface area contributed by atoms with Gasteiger partial charge in [0, 0.05) is 31.0 Å². The van der Waals surface area contributed by atoms with E-state index in [9.17, 15) is 0 Å². The Morgan fingerprint density at radius 3 is 2.71 bits per heavy atom. The number of hydrogen-bond acceptors (Lipinski definition) is 3. The van der Waals surface area contributed by atoms with Crippen molar-refractivity contribution in [3.63, 3.8) is 0 Å². The van der Waals surface area contributed by atoms with Crippen LogP contribution >= 0.6 is 0 Å². The van der Waals surface area contributed by atoms with Crippen LogP contribution in [0.15, 0.2) is 0 Å². The van der Waals surface area contributed by atoms with E-state index in [0.717, 1.165) is 0 Å². The minimum absolute atomic E-state index is 0.441. The van der Waals surface area contributed by atoms with Gasteiger partial charge < -0.3 is 14.8 Å². The number of nitrogens with one attached hydrogen (secondary N) is 1. The summed E-state index contributed by atoms with van der Waals surface area (Å²) in [6.45, 7) is 4.55. The summed E-state index contributed by atoms with van der Waals surface area (Å²) in [6.07, 6.45) is 6.21. The maximum absolute atomic E-state index is 6.20. The molecule has 0 aromatic rings. The van der Waals surface area contributed by atoms with Crippen LogP contribution in [0.2, 0.25) is 0 Å². The number of ether oxygens (including phenoxy) is 2. The zero-order valence-electron chi connectivity index (χ0n) is 11.2. The van der Waals surface area contributed by atoms with Crippen molar-refractivity contribution < 1.29 is 9.47 Å². The largest absolute Gasteiger partial charge is 0.381 e. The molecular weight excluding hydrogens is 214 g/mol. The fraction of sp³-hybridized carbons (Fsp3) is 1.00. The molecule has 0 radical (unpaired) electrons. The van der Waals surface area contributed by atoms with Crippen molar-refractivity contribution in [2.45, 2.75) is 69.9 Å². The second-order valence-electron chi connectivity index (χ2n) is 6.21. The molecular formula is C14H25NO2. The Bertz CT molecular complexity index is 283. The van der Waals surface area contributed by atoms with E-state index in [0.29, 0.717) is 42.2 Å². The third-order valence-electron chi connectivity index (χ3n) is 5.14. The molecule has 0 bridgehead atoms. The first kappa shape index (κ1) is 11.9. The molecule has 2 saturated heterocycles. The molecule has 1 N–H and O–H groups in total. The zero-order chi connectivity index (χ0) is 12.0. The van der Waals surface area contributed by atoms with Crippen LogP contribution in [-0.4, -0.2) is 37.5 Å². The molecule has 6 unspecified atom stereocenters. The van der Waals surface area contributed by atoms with Crippen LogP contribution in [0.1, 0.15) is 39.5 Å². The predicted molar refractivity (Wildman–Crippen MR) is 67.0 cm³/mol. The second kappa shape index (κ2) is 4.52. The Balaban J connectivity index is 1.77. The minimum Gasteiger partial charge on any atom is -0.381 e. The molecule has 3 fully saturated rings. The normalized spacial score (nSPS) is 54.2. The van der Waals surface area contributed by atoms with Gasteiger partial charge in [0.2, 0.25) is 0 Å². The molecule has 98 valence electrons. The molecule has 1 saturated carbocycles. The first-order valence-corrected chi connectivity index (χ1v) is 7.13. The van der Waals surface area contributed by atoms with E-state index in [1.807, 2.05) is 7.11 Å². The molecule has 1 aliphatic carbocycles. The van der Waals surface area contributed by atoms with Gasteiger partial charge in [-0.25, -0.2) is 0 Å². The van der Waals surface area contributed by atoms with E-state index in [1.54, 1.807) is 0 Å². The Morgan fingerprint density at radius 1 is 1.12 bits per heavy atom. The summed E-state index contributed by atoms with van der Waals surface area (Å²) in [5.74, 6) is 1.38. The summed E-state index contributed by atoms with van der Waals surface area (Å²) in [4.78, 5) is 0. The minimum atomic E-state index is 0.441. The molecule has 3 aliphatic rings. The van der Waals surface area contributed by atoms with Gasteiger partial charge in [-0.05, 0) is 39.5 Å². The van der Waals surface area contributed by atoms with Crippen LogP contribution in [0.4, 0.5) is 0 Å². The van der Waals surface area contributed by atoms with Crippen LogP contribution in [0.3, 0.4) is 0 Å². The van der Waals surface area contributed by atoms with Gasteiger partial charge in [-0.15, -0.1) is 0 Å². The van der Waals surface area contributed by atoms with Crippen molar-refractivity contribution in [3.8, 4) is 0 Å². The summed E-state index contributed by atoms with van der Waals surface area (Å²) in [5, 5.41) is 3.82. The number of methoxy groups -OCH3 is 1. The molecule has 3 rings (SSSR count). The molecule has 3 heteroatoms. The van der Waals surface area contributed by atoms with E-state index >= 15 is 0 Å². The fourth-order valence-electron chi connectivity index (χ4n) is 4.26. The van der Waals surface area contributed by atoms with E-state index < -0.39 is 0 Å². The molecule has 0 amide bonds. The van der Waals surface area contributed by atoms with Gasteiger partial charge >= 0.3 is 0 Å². The molecule has 2 aliphatic heterocycles. The van der Waals surface area contributed by atoms with Crippen molar-refractivity contribution in [1.82, 2.24) is 5.32 Å². The SMILES string of the molecule is COC1CCC2NC(C)C3C[C@H](C)OC3C2C1. The molecule has 7 atom stereocenters. The van der Waals surface area contributed by atoms with Crippen molar-refractivity contribution in [3.05, 3.63) is 0 Å². The number of fused-ring (bicyclic) bond motifs is 3. The third-order valence-corrected chi connectivity index (χ3v) is 5.14. The van der Waals surface area contributed by atoms with Crippen LogP contribution in [0, 0.1) is 11.8 Å². The molecule has 2 heterocycles. The fourth-order valence-corrected chi connectivity index (χ4v) is 4.26. The number of piperidine rings is 1. The van der Waals surface area contributed by atoms with Crippen molar-refractivity contribution in [2.24, 2.45) is 11.8 Å². The summed E-state index contributed by atoms with van der Waals surface area (Å²) in [5.41, 5.74) is 0. The highest BCUT2D eigenvalue weighted by Gasteiger charge is 2.49. The maximum Gasteiger partial charge on any atom is 0.0666 e. The Hall–Kier alpha value is -0.120. The van der Waals surface area contributed by atoms with Gasteiger partial charge in [-0.3, -0.25) is 0 Å². The highest BCUT2D eigenvalue weighted by atomic mass is 16.5. The monoisotopic (exact) mass is 239 g/mol. The molecule has 17 heavy (non-hydrogen) atoms. The van der Waals surface area contributed by atoms with Gasteiger partial charge in [-0.1, -0.05) is 0 Å². The molecule has 0 aromatic heterocycles. The average molecular weight is 239 g/mol. The number of hydrogen-bond donors (Lipinski definition) is 1. The predicted octanol–water partition coefficient (Wildman–Crippen LogP) is 1.96. The first-order valence-electron chi connectivity index (χ1n) is 7.13. The van der Waals surface area contributed by atoms with Gasteiger partial charge in [0.1, 0.15) is 0 Å². The van der Waals surface area contributed by atoms with Gasteiger partial charge in [0.05, 0.1) is 18.3 Å². The van der Waals surface area contributed by atoms with Crippen LogP contribution in [0.25, 0.3) is 0 Å². The van der Waals surface area contributed by atoms with Gasteiger partial charge in [-0.2, -0.15) is 0 Å². The van der Waals surface area contributed by atoms with Crippen molar-refractivity contribution in [1.29, 1.82) is 0 Å². The van der Waals surface area contributed by atoms with E-state index in [1.165, 1.54) is 25.7 Å². The standard InChI is InChI=1S/C14H25NO2/c1-8-6-11-9(2)15-13-5-4-10(16-3)7-12(13)14(11)17-8/h8-15H,4-7H2,1-3H3/t8-,9?,10?,11?,12?,13?,14?/m0/s1. The summed E-state index contributed by atoms with van der Waals surface area (Å²) in [7, 11) is 1.85. The lowest BCUT2D eigenvalue weighted by Gasteiger charge is -2.47. The van der Waals surface area contributed by atoms with E-state index in [2.05, 4.69) is 19.2 Å². The highest BCUT2D eigenvalue weighted by Crippen LogP contribution is 2.43. The Kier molecular flexibility index (Phi) is 3.18. The van der Waals surface area contributed by atoms with Gasteiger partial charge in [0.15, 0.2) is 0 Å². The van der Waals surface area contributed by atoms with Crippen LogP contribution < -0.4 is 5.32 Å². The quantitative estimate of drug-likeness (QED) is 0.759. The highest BCUT2D eigenvalue weighted by molar-refractivity contribution is 5.02. The van der Waals surface area contributed by atoms with Crippen LogP contribution in [-0.2, 0) is 9.47 Å². The topological polar surface area (TPSA) is 30.5 Å². The van der Waals surface area contributed by atoms with Crippen molar-refractivity contribution in [2.75, 3.05) is 7.11 Å². The molecule has 0 spiro atoms. The summed E-state index contributed by atoms with van der Waals surface area (Å²) < 4.78 is 11.8. The zero-order valence-corrected chi connectivity index (χ0v) is 11.2. The maximum atomic E-state index is 6.20. The first-order chi connectivity index (χ1) is 8.19. The lowest BCUT2D eigenvalue weighted by molar-refractivity contribution is -0.0710. The Morgan fingerprint density at radius 2 is 1.94 bits per heavy atom. The number of rotatable bonds is 1. The van der Waals surface area contributed by atoms with Crippen molar-refractivity contribution >= 4 is 0 Å². The van der Waals surface area contributed by atoms with Gasteiger partial charge in [0.25, 0.3) is 0 Å². The smallest absolute Gasteiger partial charge is 0.0666 e. The summed E-state index contributed by atoms with van der Waals surface area (Å²) in [6, 6.07) is 1.27. The Labute approximate surface area is 104 Å². The third kappa shape index (κ3) is 2.02. The average Bonchev–Trinajstić information content (AvgIpc) is 2.72. The second-order valence-corrected chi connectivity index (χ2v) is 6.21. The van der Waals surface area contributed by atoms with Crippen LogP contribution in [0.5, 0.6) is 0 Å². The summed E-state index contributed by atoms with van der Waals surface area (Å²) >= 11 is 0. The van der Waals surface area contributed by atoms with E-state index in [-0.39, 0.29) is 0 Å².